The van der Waals surface area contributed by atoms with E-state index in [1.165, 1.54) is 12.1 Å². The number of imidazole rings is 1. The van der Waals surface area contributed by atoms with Crippen LogP contribution in [0.4, 0.5) is 4.39 Å². The summed E-state index contributed by atoms with van der Waals surface area (Å²) in [5.74, 6) is 1.07. The number of rotatable bonds is 8. The van der Waals surface area contributed by atoms with Gasteiger partial charge in [0.25, 0.3) is 0 Å². The zero-order valence-corrected chi connectivity index (χ0v) is 20.9. The minimum absolute atomic E-state index is 0. The van der Waals surface area contributed by atoms with Gasteiger partial charge in [0.1, 0.15) is 11.6 Å². The predicted octanol–water partition coefficient (Wildman–Crippen LogP) is 3.36. The molecule has 0 saturated carbocycles. The molecule has 0 spiro atoms. The summed E-state index contributed by atoms with van der Waals surface area (Å²) < 4.78 is 36.8. The van der Waals surface area contributed by atoms with Crippen LogP contribution in [-0.2, 0) is 23.0 Å². The van der Waals surface area contributed by atoms with Gasteiger partial charge in [-0.1, -0.05) is 12.1 Å². The standard InChI is InChI=1S/C22H21FN4O3S.Na/c1-14-18(24-11-9-19(14)29-2)13-31(28)22-25-17-7-8-20(26-21(17)27-22)30-12-10-15-3-5-16(23)6-4-15;/h3-9,11H,10,12-13H2,1-2H3,(H,25,26,27);. The van der Waals surface area contributed by atoms with Crippen LogP contribution < -0.4 is 9.47 Å². The minimum Gasteiger partial charge on any atom is -0.496 e. The van der Waals surface area contributed by atoms with E-state index in [1.807, 2.05) is 6.92 Å². The Hall–Kier alpha value is -2.33. The third-order valence-corrected chi connectivity index (χ3v) is 5.97. The van der Waals surface area contributed by atoms with Crippen LogP contribution in [0, 0.1) is 12.7 Å². The predicted molar refractivity (Wildman–Crippen MR) is 121 cm³/mol. The third kappa shape index (κ3) is 5.72. The zero-order valence-electron chi connectivity index (χ0n) is 18.1. The van der Waals surface area contributed by atoms with Crippen molar-refractivity contribution in [2.45, 2.75) is 24.3 Å². The Morgan fingerprint density at radius 1 is 1.09 bits per heavy atom. The smallest absolute Gasteiger partial charge is 0.215 e. The van der Waals surface area contributed by atoms with Crippen LogP contribution in [0.5, 0.6) is 11.6 Å². The van der Waals surface area contributed by atoms with Crippen molar-refractivity contribution in [2.75, 3.05) is 13.7 Å². The molecular formula is C22H21FN4NaO3S. The first kappa shape index (κ1) is 24.3. The Kier molecular flexibility index (Phi) is 8.36. The molecule has 161 valence electrons. The van der Waals surface area contributed by atoms with Gasteiger partial charge in [-0.2, -0.15) is 4.98 Å². The Balaban J connectivity index is 0.00000289. The fraction of sp³-hybridized carbons (Fsp3) is 0.227. The van der Waals surface area contributed by atoms with E-state index in [2.05, 4.69) is 19.9 Å². The topological polar surface area (TPSA) is 90.0 Å². The summed E-state index contributed by atoms with van der Waals surface area (Å²) in [5, 5.41) is 0.329. The fourth-order valence-corrected chi connectivity index (χ4v) is 4.17. The minimum atomic E-state index is -1.42. The molecule has 0 aliphatic carbocycles. The quantitative estimate of drug-likeness (QED) is 0.403. The van der Waals surface area contributed by atoms with E-state index in [0.717, 1.165) is 11.1 Å². The van der Waals surface area contributed by atoms with Crippen molar-refractivity contribution in [1.82, 2.24) is 19.9 Å². The molecule has 1 unspecified atom stereocenters. The van der Waals surface area contributed by atoms with Crippen molar-refractivity contribution < 1.29 is 18.1 Å². The first-order chi connectivity index (χ1) is 15.0. The summed E-state index contributed by atoms with van der Waals surface area (Å²) in [6, 6.07) is 11.6. The van der Waals surface area contributed by atoms with Gasteiger partial charge < -0.3 is 14.5 Å². The van der Waals surface area contributed by atoms with E-state index < -0.39 is 10.8 Å². The summed E-state index contributed by atoms with van der Waals surface area (Å²) in [6.07, 6.45) is 2.26. The number of hydrogen-bond donors (Lipinski definition) is 1. The average Bonchev–Trinajstić information content (AvgIpc) is 3.20. The second-order valence-corrected chi connectivity index (χ2v) is 8.23. The average molecular weight is 463 g/mol. The van der Waals surface area contributed by atoms with E-state index in [1.54, 1.807) is 43.6 Å². The largest absolute Gasteiger partial charge is 0.496 e. The number of benzene rings is 1. The van der Waals surface area contributed by atoms with Crippen molar-refractivity contribution >= 4 is 51.5 Å². The first-order valence-corrected chi connectivity index (χ1v) is 11.0. The first-order valence-electron chi connectivity index (χ1n) is 9.64. The number of fused-ring (bicyclic) bond motifs is 1. The Morgan fingerprint density at radius 3 is 2.62 bits per heavy atom. The monoisotopic (exact) mass is 463 g/mol. The van der Waals surface area contributed by atoms with Gasteiger partial charge in [0.15, 0.2) is 10.8 Å². The van der Waals surface area contributed by atoms with Gasteiger partial charge in [-0.05, 0) is 36.8 Å². The molecular weight excluding hydrogens is 442 g/mol. The van der Waals surface area contributed by atoms with E-state index >= 15 is 0 Å². The second kappa shape index (κ2) is 11.0. The molecule has 10 heteroatoms. The maximum absolute atomic E-state index is 13.0. The number of aromatic nitrogens is 4. The summed E-state index contributed by atoms with van der Waals surface area (Å²) in [6.45, 7) is 2.28. The molecule has 32 heavy (non-hydrogen) atoms. The number of H-pyrrole nitrogens is 1. The molecule has 0 saturated heterocycles. The van der Waals surface area contributed by atoms with Gasteiger partial charge in [-0.15, -0.1) is 0 Å². The van der Waals surface area contributed by atoms with E-state index in [-0.39, 0.29) is 41.1 Å². The Bertz CT molecular complexity index is 1230. The van der Waals surface area contributed by atoms with Gasteiger partial charge in [0.2, 0.25) is 5.88 Å². The number of ether oxygens (including phenoxy) is 2. The van der Waals surface area contributed by atoms with Gasteiger partial charge in [-0.3, -0.25) is 9.19 Å². The molecule has 0 bridgehead atoms. The molecule has 1 radical (unpaired) electrons. The molecule has 3 aromatic heterocycles. The molecule has 1 aromatic carbocycles. The van der Waals surface area contributed by atoms with E-state index in [0.29, 0.717) is 46.7 Å². The van der Waals surface area contributed by atoms with Crippen molar-refractivity contribution in [2.24, 2.45) is 0 Å². The SMILES string of the molecule is COc1ccnc(CS(=O)c2nc3nc(OCCc4ccc(F)cc4)ccc3[nH]2)c1C.[Na]. The van der Waals surface area contributed by atoms with Crippen molar-refractivity contribution in [3.05, 3.63) is 71.3 Å². The third-order valence-electron chi connectivity index (χ3n) is 4.81. The number of pyridine rings is 2. The van der Waals surface area contributed by atoms with Crippen LogP contribution in [0.15, 0.2) is 53.8 Å². The maximum atomic E-state index is 13.0. The normalized spacial score (nSPS) is 11.7. The maximum Gasteiger partial charge on any atom is 0.215 e. The van der Waals surface area contributed by atoms with E-state index in [9.17, 15) is 8.60 Å². The number of methoxy groups -OCH3 is 1. The summed E-state index contributed by atoms with van der Waals surface area (Å²) in [4.78, 5) is 16.1. The number of aromatic amines is 1. The van der Waals surface area contributed by atoms with Gasteiger partial charge in [0, 0.05) is 53.8 Å². The molecule has 1 N–H and O–H groups in total. The molecule has 0 fully saturated rings. The van der Waals surface area contributed by atoms with Crippen LogP contribution in [-0.4, -0.2) is 67.4 Å². The Morgan fingerprint density at radius 2 is 1.88 bits per heavy atom. The molecule has 4 aromatic rings. The summed E-state index contributed by atoms with van der Waals surface area (Å²) >= 11 is 0. The number of nitrogens with zero attached hydrogens (tertiary/aromatic N) is 3. The second-order valence-electron chi connectivity index (χ2n) is 6.86. The summed E-state index contributed by atoms with van der Waals surface area (Å²) in [5.41, 5.74) is 3.62. The Labute approximate surface area is 209 Å². The van der Waals surface area contributed by atoms with Crippen LogP contribution in [0.1, 0.15) is 16.8 Å². The molecule has 1 atom stereocenters. The van der Waals surface area contributed by atoms with Crippen molar-refractivity contribution in [3.8, 4) is 11.6 Å². The fourth-order valence-electron chi connectivity index (χ4n) is 3.08. The number of halogens is 1. The van der Waals surface area contributed by atoms with Gasteiger partial charge >= 0.3 is 0 Å². The van der Waals surface area contributed by atoms with Crippen molar-refractivity contribution in [3.63, 3.8) is 0 Å². The van der Waals surface area contributed by atoms with Crippen LogP contribution in [0.2, 0.25) is 0 Å². The van der Waals surface area contributed by atoms with Crippen LogP contribution in [0.3, 0.4) is 0 Å². The molecule has 4 rings (SSSR count). The van der Waals surface area contributed by atoms with Crippen LogP contribution >= 0.6 is 0 Å². The number of hydrogen-bond acceptors (Lipinski definition) is 6. The number of nitrogens with one attached hydrogen (secondary N) is 1. The van der Waals surface area contributed by atoms with Crippen LogP contribution in [0.25, 0.3) is 11.2 Å². The molecule has 0 aliphatic rings. The molecule has 0 aliphatic heterocycles. The van der Waals surface area contributed by atoms with Crippen molar-refractivity contribution in [1.29, 1.82) is 0 Å². The summed E-state index contributed by atoms with van der Waals surface area (Å²) in [7, 11) is 0.168. The molecule has 7 nitrogen and oxygen atoms in total. The van der Waals surface area contributed by atoms with Gasteiger partial charge in [0.05, 0.1) is 41.5 Å². The zero-order chi connectivity index (χ0) is 21.8. The molecule has 0 amide bonds. The van der Waals surface area contributed by atoms with E-state index in [4.69, 9.17) is 9.47 Å². The molecule has 3 heterocycles. The van der Waals surface area contributed by atoms with Gasteiger partial charge in [-0.25, -0.2) is 9.37 Å².